The molecule has 1 amide bonds. The maximum absolute atomic E-state index is 13.7. The molecule has 0 saturated heterocycles. The summed E-state index contributed by atoms with van der Waals surface area (Å²) in [6.07, 6.45) is 0.477. The molecule has 3 rings (SSSR count). The maximum atomic E-state index is 13.7. The number of rotatable bonds is 9. The van der Waals surface area contributed by atoms with Crippen LogP contribution < -0.4 is 5.32 Å². The Balaban J connectivity index is 1.85. The molecule has 0 heterocycles. The molecule has 3 aromatic carbocycles. The van der Waals surface area contributed by atoms with E-state index < -0.39 is 22.0 Å². The van der Waals surface area contributed by atoms with Crippen molar-refractivity contribution in [1.29, 1.82) is 0 Å². The topological polar surface area (TPSA) is 66.5 Å². The zero-order valence-electron chi connectivity index (χ0n) is 20.0. The van der Waals surface area contributed by atoms with Crippen molar-refractivity contribution < 1.29 is 17.6 Å². The molecule has 0 bridgehead atoms. The van der Waals surface area contributed by atoms with Gasteiger partial charge in [-0.1, -0.05) is 60.2 Å². The van der Waals surface area contributed by atoms with Crippen LogP contribution in [0.3, 0.4) is 0 Å². The van der Waals surface area contributed by atoms with Crippen LogP contribution in [0.15, 0.2) is 71.6 Å². The van der Waals surface area contributed by atoms with E-state index in [1.54, 1.807) is 32.9 Å². The van der Waals surface area contributed by atoms with Crippen LogP contribution in [0, 0.1) is 26.6 Å². The van der Waals surface area contributed by atoms with Crippen LogP contribution in [-0.2, 0) is 21.2 Å². The molecule has 0 radical (unpaired) electrons. The largest absolute Gasteiger partial charge is 0.348 e. The predicted molar refractivity (Wildman–Crippen MR) is 133 cm³/mol. The van der Waals surface area contributed by atoms with Crippen molar-refractivity contribution in [3.05, 3.63) is 100 Å². The second-order valence-corrected chi connectivity index (χ2v) is 10.5. The first-order valence-corrected chi connectivity index (χ1v) is 12.7. The van der Waals surface area contributed by atoms with Crippen LogP contribution in [0.25, 0.3) is 0 Å². The predicted octanol–water partition coefficient (Wildman–Crippen LogP) is 4.86. The van der Waals surface area contributed by atoms with Crippen molar-refractivity contribution in [3.63, 3.8) is 0 Å². The number of nitrogens with one attached hydrogen (secondary N) is 1. The van der Waals surface area contributed by atoms with Gasteiger partial charge in [-0.25, -0.2) is 12.8 Å². The van der Waals surface area contributed by atoms with E-state index in [-0.39, 0.29) is 23.8 Å². The minimum absolute atomic E-state index is 0.164. The van der Waals surface area contributed by atoms with E-state index in [4.69, 9.17) is 0 Å². The third-order valence-corrected chi connectivity index (χ3v) is 7.91. The minimum atomic E-state index is -3.93. The molecule has 0 aliphatic rings. The second-order valence-electron chi connectivity index (χ2n) is 8.64. The summed E-state index contributed by atoms with van der Waals surface area (Å²) >= 11 is 0. The standard InChI is InChI=1S/C27H31FN2O3S/c1-19-16-20(2)27(21(3)17-19)34(32,33)30(15-14-23-8-6-5-7-9-23)18-26(31)29-22(4)24-10-12-25(28)13-11-24/h5-13,16-17,22H,14-15,18H2,1-4H3,(H,29,31)/t22-/m0/s1. The summed E-state index contributed by atoms with van der Waals surface area (Å²) in [4.78, 5) is 13.2. The molecule has 0 fully saturated rings. The number of sulfonamides is 1. The number of amides is 1. The third-order valence-electron chi connectivity index (χ3n) is 5.76. The van der Waals surface area contributed by atoms with Gasteiger partial charge in [0.2, 0.25) is 15.9 Å². The summed E-state index contributed by atoms with van der Waals surface area (Å²) in [5, 5.41) is 2.84. The fourth-order valence-corrected chi connectivity index (χ4v) is 5.98. The molecule has 7 heteroatoms. The average molecular weight is 483 g/mol. The van der Waals surface area contributed by atoms with E-state index in [0.717, 1.165) is 16.7 Å². The summed E-state index contributed by atoms with van der Waals surface area (Å²) in [6.45, 7) is 7.11. The molecule has 3 aromatic rings. The zero-order chi connectivity index (χ0) is 24.9. The Morgan fingerprint density at radius 3 is 2.15 bits per heavy atom. The first kappa shape index (κ1) is 25.6. The van der Waals surface area contributed by atoms with Gasteiger partial charge in [-0.3, -0.25) is 4.79 Å². The lowest BCUT2D eigenvalue weighted by Crippen LogP contribution is -2.42. The molecule has 34 heavy (non-hydrogen) atoms. The van der Waals surface area contributed by atoms with Crippen molar-refractivity contribution in [2.24, 2.45) is 0 Å². The number of hydrogen-bond acceptors (Lipinski definition) is 3. The summed E-state index contributed by atoms with van der Waals surface area (Å²) in [5.41, 5.74) is 4.01. The van der Waals surface area contributed by atoms with Crippen LogP contribution in [-0.4, -0.2) is 31.7 Å². The number of carbonyl (C=O) groups is 1. The highest BCUT2D eigenvalue weighted by Crippen LogP contribution is 2.25. The molecule has 0 aliphatic carbocycles. The van der Waals surface area contributed by atoms with Gasteiger partial charge < -0.3 is 5.32 Å². The molecule has 1 atom stereocenters. The highest BCUT2D eigenvalue weighted by molar-refractivity contribution is 7.89. The van der Waals surface area contributed by atoms with Gasteiger partial charge in [-0.15, -0.1) is 0 Å². The number of benzene rings is 3. The van der Waals surface area contributed by atoms with Gasteiger partial charge in [0.15, 0.2) is 0 Å². The molecule has 0 spiro atoms. The van der Waals surface area contributed by atoms with E-state index >= 15 is 0 Å². The molecule has 0 aliphatic heterocycles. The molecular weight excluding hydrogens is 451 g/mol. The lowest BCUT2D eigenvalue weighted by Gasteiger charge is -2.25. The number of hydrogen-bond donors (Lipinski definition) is 1. The van der Waals surface area contributed by atoms with Gasteiger partial charge in [-0.2, -0.15) is 4.31 Å². The van der Waals surface area contributed by atoms with Crippen LogP contribution in [0.1, 0.15) is 40.8 Å². The smallest absolute Gasteiger partial charge is 0.244 e. The van der Waals surface area contributed by atoms with E-state index in [2.05, 4.69) is 5.32 Å². The van der Waals surface area contributed by atoms with E-state index in [1.165, 1.54) is 16.4 Å². The van der Waals surface area contributed by atoms with Gasteiger partial charge in [0.1, 0.15) is 5.82 Å². The lowest BCUT2D eigenvalue weighted by molar-refractivity contribution is -0.121. The number of aryl methyl sites for hydroxylation is 3. The summed E-state index contributed by atoms with van der Waals surface area (Å²) in [7, 11) is -3.93. The molecule has 0 aromatic heterocycles. The molecule has 0 unspecified atom stereocenters. The van der Waals surface area contributed by atoms with Crippen LogP contribution in [0.2, 0.25) is 0 Å². The Morgan fingerprint density at radius 1 is 0.971 bits per heavy atom. The molecule has 5 nitrogen and oxygen atoms in total. The maximum Gasteiger partial charge on any atom is 0.244 e. The highest BCUT2D eigenvalue weighted by atomic mass is 32.2. The zero-order valence-corrected chi connectivity index (χ0v) is 20.8. The first-order valence-electron chi connectivity index (χ1n) is 11.2. The van der Waals surface area contributed by atoms with E-state index in [1.807, 2.05) is 49.4 Å². The molecule has 180 valence electrons. The lowest BCUT2D eigenvalue weighted by atomic mass is 10.1. The highest BCUT2D eigenvalue weighted by Gasteiger charge is 2.30. The normalized spacial score (nSPS) is 12.5. The second kappa shape index (κ2) is 10.9. The summed E-state index contributed by atoms with van der Waals surface area (Å²) < 4.78 is 42.0. The Morgan fingerprint density at radius 2 is 1.56 bits per heavy atom. The van der Waals surface area contributed by atoms with E-state index in [0.29, 0.717) is 17.5 Å². The Kier molecular flexibility index (Phi) is 8.23. The Bertz CT molecular complexity index is 1220. The van der Waals surface area contributed by atoms with Crippen molar-refractivity contribution >= 4 is 15.9 Å². The Labute approximate surface area is 201 Å². The number of nitrogens with zero attached hydrogens (tertiary/aromatic N) is 1. The van der Waals surface area contributed by atoms with Crippen molar-refractivity contribution in [2.75, 3.05) is 13.1 Å². The van der Waals surface area contributed by atoms with Crippen LogP contribution >= 0.6 is 0 Å². The number of halogens is 1. The van der Waals surface area contributed by atoms with Gasteiger partial charge in [-0.05, 0) is 68.5 Å². The van der Waals surface area contributed by atoms with Crippen molar-refractivity contribution in [1.82, 2.24) is 9.62 Å². The quantitative estimate of drug-likeness (QED) is 0.474. The molecular formula is C27H31FN2O3S. The van der Waals surface area contributed by atoms with E-state index in [9.17, 15) is 17.6 Å². The van der Waals surface area contributed by atoms with Crippen LogP contribution in [0.5, 0.6) is 0 Å². The molecule has 1 N–H and O–H groups in total. The van der Waals surface area contributed by atoms with Gasteiger partial charge in [0.05, 0.1) is 17.5 Å². The van der Waals surface area contributed by atoms with Gasteiger partial charge >= 0.3 is 0 Å². The first-order chi connectivity index (χ1) is 16.1. The fourth-order valence-electron chi connectivity index (χ4n) is 4.17. The van der Waals surface area contributed by atoms with Gasteiger partial charge in [0, 0.05) is 6.54 Å². The molecule has 0 saturated carbocycles. The SMILES string of the molecule is Cc1cc(C)c(S(=O)(=O)N(CCc2ccccc2)CC(=O)N[C@@H](C)c2ccc(F)cc2)c(C)c1. The monoisotopic (exact) mass is 482 g/mol. The number of carbonyl (C=O) groups excluding carboxylic acids is 1. The Hall–Kier alpha value is -3.03. The van der Waals surface area contributed by atoms with Crippen LogP contribution in [0.4, 0.5) is 4.39 Å². The fraction of sp³-hybridized carbons (Fsp3) is 0.296. The minimum Gasteiger partial charge on any atom is -0.348 e. The van der Waals surface area contributed by atoms with Crippen molar-refractivity contribution in [2.45, 2.75) is 45.1 Å². The average Bonchev–Trinajstić information content (AvgIpc) is 2.76. The summed E-state index contributed by atoms with van der Waals surface area (Å²) in [6, 6.07) is 18.7. The third kappa shape index (κ3) is 6.30. The van der Waals surface area contributed by atoms with Gasteiger partial charge in [0.25, 0.3) is 0 Å². The summed E-state index contributed by atoms with van der Waals surface area (Å²) in [5.74, 6) is -0.778. The van der Waals surface area contributed by atoms with Crippen molar-refractivity contribution in [3.8, 4) is 0 Å².